The van der Waals surface area contributed by atoms with Gasteiger partial charge in [-0.25, -0.2) is 4.98 Å². The number of imidazole rings is 1. The molecule has 1 N–H and O–H groups in total. The number of aliphatic hydroxyl groups is 1. The van der Waals surface area contributed by atoms with Crippen molar-refractivity contribution < 1.29 is 23.0 Å². The first-order valence-corrected chi connectivity index (χ1v) is 10.9. The minimum Gasteiger partial charge on any atom is -0.406 e. The van der Waals surface area contributed by atoms with Gasteiger partial charge in [0.05, 0.1) is 29.8 Å². The molecule has 2 aromatic heterocycles. The van der Waals surface area contributed by atoms with Crippen LogP contribution in [0.1, 0.15) is 73.3 Å². The number of hydrogen-bond donors (Lipinski definition) is 1. The van der Waals surface area contributed by atoms with Crippen molar-refractivity contribution in [3.8, 4) is 5.75 Å². The van der Waals surface area contributed by atoms with Gasteiger partial charge in [0, 0.05) is 0 Å². The molecule has 2 heterocycles. The van der Waals surface area contributed by atoms with Gasteiger partial charge in [0.1, 0.15) is 5.75 Å². The molecule has 0 radical (unpaired) electrons. The fourth-order valence-corrected chi connectivity index (χ4v) is 5.02. The zero-order chi connectivity index (χ0) is 21.6. The minimum absolute atomic E-state index is 0.162. The van der Waals surface area contributed by atoms with Crippen molar-refractivity contribution in [2.45, 2.75) is 62.8 Å². The average molecular weight is 430 g/mol. The maximum absolute atomic E-state index is 12.4. The molecule has 1 aromatic carbocycles. The van der Waals surface area contributed by atoms with Crippen LogP contribution >= 0.6 is 0 Å². The zero-order valence-electron chi connectivity index (χ0n) is 17.1. The summed E-state index contributed by atoms with van der Waals surface area (Å²) in [6.07, 6.45) is 4.28. The van der Waals surface area contributed by atoms with Crippen molar-refractivity contribution in [2.75, 3.05) is 0 Å². The molecule has 0 amide bonds. The van der Waals surface area contributed by atoms with Crippen LogP contribution < -0.4 is 4.74 Å². The third-order valence-electron chi connectivity index (χ3n) is 6.76. The van der Waals surface area contributed by atoms with E-state index in [1.807, 2.05) is 10.6 Å². The summed E-state index contributed by atoms with van der Waals surface area (Å²) in [5, 5.41) is 11.3. The lowest BCUT2D eigenvalue weighted by Crippen LogP contribution is -2.22. The molecular weight excluding hydrogens is 405 g/mol. The quantitative estimate of drug-likeness (QED) is 0.531. The Kier molecular flexibility index (Phi) is 5.16. The Labute approximate surface area is 178 Å². The van der Waals surface area contributed by atoms with Crippen LogP contribution in [0.25, 0.3) is 5.52 Å². The van der Waals surface area contributed by atoms with Gasteiger partial charge in [0.25, 0.3) is 0 Å². The highest BCUT2D eigenvalue weighted by molar-refractivity contribution is 5.50. The first-order chi connectivity index (χ1) is 14.9. The molecule has 4 nitrogen and oxygen atoms in total. The Morgan fingerprint density at radius 2 is 1.61 bits per heavy atom. The van der Waals surface area contributed by atoms with Crippen LogP contribution in [0, 0.1) is 5.92 Å². The summed E-state index contributed by atoms with van der Waals surface area (Å²) in [6.45, 7) is 0. The van der Waals surface area contributed by atoms with Crippen molar-refractivity contribution >= 4 is 5.52 Å². The van der Waals surface area contributed by atoms with Crippen molar-refractivity contribution in [1.82, 2.24) is 9.38 Å². The fraction of sp³-hybridized carbons (Fsp3) is 0.458. The molecule has 2 fully saturated rings. The molecule has 2 aliphatic carbocycles. The van der Waals surface area contributed by atoms with Gasteiger partial charge in [0.2, 0.25) is 0 Å². The SMILES string of the molecule is OC(c1c(C2CC2)ccc2cncn12)C1CCC(c2ccc(OC(F)(F)F)cc2)CC1. The molecule has 0 aliphatic heterocycles. The number of hydrogen-bond acceptors (Lipinski definition) is 3. The topological polar surface area (TPSA) is 46.8 Å². The molecule has 5 rings (SSSR count). The third-order valence-corrected chi connectivity index (χ3v) is 6.76. The average Bonchev–Trinajstić information content (AvgIpc) is 3.48. The molecule has 164 valence electrons. The minimum atomic E-state index is -4.67. The lowest BCUT2D eigenvalue weighted by molar-refractivity contribution is -0.274. The molecule has 2 aliphatic rings. The van der Waals surface area contributed by atoms with E-state index in [0.717, 1.165) is 42.5 Å². The van der Waals surface area contributed by atoms with E-state index < -0.39 is 12.5 Å². The van der Waals surface area contributed by atoms with Crippen LogP contribution in [0.5, 0.6) is 5.75 Å². The number of alkyl halides is 3. The molecule has 2 saturated carbocycles. The number of halogens is 3. The Balaban J connectivity index is 1.28. The number of nitrogens with zero attached hydrogens (tertiary/aromatic N) is 2. The second-order valence-electron chi connectivity index (χ2n) is 8.81. The Hall–Kier alpha value is -2.54. The smallest absolute Gasteiger partial charge is 0.406 e. The fourth-order valence-electron chi connectivity index (χ4n) is 5.02. The van der Waals surface area contributed by atoms with E-state index in [0.29, 0.717) is 5.92 Å². The summed E-state index contributed by atoms with van der Waals surface area (Å²) in [5.41, 5.74) is 4.24. The molecule has 31 heavy (non-hydrogen) atoms. The molecule has 0 saturated heterocycles. The second kappa shape index (κ2) is 7.86. The number of pyridine rings is 1. The van der Waals surface area contributed by atoms with Gasteiger partial charge < -0.3 is 14.2 Å². The molecule has 3 aromatic rings. The van der Waals surface area contributed by atoms with Crippen molar-refractivity contribution in [3.05, 3.63) is 65.7 Å². The predicted molar refractivity (Wildman–Crippen MR) is 110 cm³/mol. The Morgan fingerprint density at radius 1 is 0.935 bits per heavy atom. The van der Waals surface area contributed by atoms with Crippen LogP contribution in [0.3, 0.4) is 0 Å². The van der Waals surface area contributed by atoms with Crippen molar-refractivity contribution in [3.63, 3.8) is 0 Å². The Morgan fingerprint density at radius 3 is 2.26 bits per heavy atom. The van der Waals surface area contributed by atoms with E-state index in [2.05, 4.69) is 21.9 Å². The molecule has 0 spiro atoms. The molecule has 1 atom stereocenters. The number of benzene rings is 1. The standard InChI is InChI=1S/C24H25F3N2O2/c25-24(26,27)31-20-10-7-16(8-11-20)15-1-5-18(6-2-15)23(30)22-21(17-3-4-17)12-9-19-13-28-14-29(19)22/h7-15,17-18,23,30H,1-6H2. The normalized spacial score (nSPS) is 23.1. The highest BCUT2D eigenvalue weighted by Gasteiger charge is 2.35. The van der Waals surface area contributed by atoms with Gasteiger partial charge in [-0.15, -0.1) is 13.2 Å². The Bertz CT molecular complexity index is 1050. The summed E-state index contributed by atoms with van der Waals surface area (Å²) in [7, 11) is 0. The van der Waals surface area contributed by atoms with E-state index in [4.69, 9.17) is 0 Å². The van der Waals surface area contributed by atoms with E-state index in [1.165, 1.54) is 30.5 Å². The van der Waals surface area contributed by atoms with Crippen LogP contribution in [0.15, 0.2) is 48.9 Å². The van der Waals surface area contributed by atoms with Gasteiger partial charge in [-0.05, 0) is 85.6 Å². The lowest BCUT2D eigenvalue weighted by atomic mass is 9.75. The highest BCUT2D eigenvalue weighted by Crippen LogP contribution is 2.47. The summed E-state index contributed by atoms with van der Waals surface area (Å²) in [6, 6.07) is 10.4. The van der Waals surface area contributed by atoms with Crippen LogP contribution in [0.4, 0.5) is 13.2 Å². The number of ether oxygens (including phenoxy) is 1. The highest BCUT2D eigenvalue weighted by atomic mass is 19.4. The largest absolute Gasteiger partial charge is 0.573 e. The first-order valence-electron chi connectivity index (χ1n) is 10.9. The molecule has 1 unspecified atom stereocenters. The van der Waals surface area contributed by atoms with Gasteiger partial charge in [0.15, 0.2) is 0 Å². The van der Waals surface area contributed by atoms with E-state index in [9.17, 15) is 18.3 Å². The van der Waals surface area contributed by atoms with Crippen LogP contribution in [-0.4, -0.2) is 20.9 Å². The third kappa shape index (κ3) is 4.28. The summed E-state index contributed by atoms with van der Waals surface area (Å²) >= 11 is 0. The molecule has 7 heteroatoms. The monoisotopic (exact) mass is 430 g/mol. The van der Waals surface area contributed by atoms with Crippen molar-refractivity contribution in [1.29, 1.82) is 0 Å². The lowest BCUT2D eigenvalue weighted by Gasteiger charge is -2.33. The van der Waals surface area contributed by atoms with E-state index >= 15 is 0 Å². The summed E-state index contributed by atoms with van der Waals surface area (Å²) in [5.74, 6) is 0.788. The maximum Gasteiger partial charge on any atom is 0.573 e. The van der Waals surface area contributed by atoms with Gasteiger partial charge in [-0.2, -0.15) is 0 Å². The number of fused-ring (bicyclic) bond motifs is 1. The first kappa shape index (κ1) is 20.4. The summed E-state index contributed by atoms with van der Waals surface area (Å²) in [4.78, 5) is 4.26. The maximum atomic E-state index is 12.4. The van der Waals surface area contributed by atoms with Gasteiger partial charge in [-0.1, -0.05) is 18.2 Å². The zero-order valence-corrected chi connectivity index (χ0v) is 17.1. The number of rotatable bonds is 5. The van der Waals surface area contributed by atoms with Crippen molar-refractivity contribution in [2.24, 2.45) is 5.92 Å². The number of aliphatic hydroxyl groups excluding tert-OH is 1. The van der Waals surface area contributed by atoms with E-state index in [1.54, 1.807) is 18.5 Å². The van der Waals surface area contributed by atoms with E-state index in [-0.39, 0.29) is 17.6 Å². The van der Waals surface area contributed by atoms with Gasteiger partial charge >= 0.3 is 6.36 Å². The summed E-state index contributed by atoms with van der Waals surface area (Å²) < 4.78 is 43.1. The van der Waals surface area contributed by atoms with Crippen LogP contribution in [-0.2, 0) is 0 Å². The van der Waals surface area contributed by atoms with Gasteiger partial charge in [-0.3, -0.25) is 0 Å². The second-order valence-corrected chi connectivity index (χ2v) is 8.81. The number of aromatic nitrogens is 2. The molecular formula is C24H25F3N2O2. The molecule has 0 bridgehead atoms. The predicted octanol–water partition coefficient (Wildman–Crippen LogP) is 6.12. The van der Waals surface area contributed by atoms with Crippen LogP contribution in [0.2, 0.25) is 0 Å².